The molecule has 90 valence electrons. The molecule has 0 unspecified atom stereocenters. The molecule has 0 heterocycles. The average Bonchev–Trinajstić information content (AvgIpc) is 2.97. The van der Waals surface area contributed by atoms with Crippen molar-refractivity contribution in [3.05, 3.63) is 0 Å². The molecular formula is C12H14BrN3O. The van der Waals surface area contributed by atoms with Gasteiger partial charge in [0, 0.05) is 22.4 Å². The van der Waals surface area contributed by atoms with Gasteiger partial charge in [0.1, 0.15) is 0 Å². The van der Waals surface area contributed by atoms with Crippen LogP contribution in [0.25, 0.3) is 0 Å². The van der Waals surface area contributed by atoms with Crippen LogP contribution in [0.5, 0.6) is 0 Å². The van der Waals surface area contributed by atoms with E-state index in [0.29, 0.717) is 16.7 Å². The molecule has 4 nitrogen and oxygen atoms in total. The molecular weight excluding hydrogens is 282 g/mol. The van der Waals surface area contributed by atoms with Crippen LogP contribution in [-0.2, 0) is 0 Å². The molecule has 6 aliphatic carbocycles. The Hall–Kier alpha value is -0.580. The van der Waals surface area contributed by atoms with Crippen LogP contribution >= 0.6 is 15.9 Å². The third-order valence-corrected chi connectivity index (χ3v) is 7.56. The molecule has 9 atom stereocenters. The highest BCUT2D eigenvalue weighted by Gasteiger charge is 2.82. The maximum Gasteiger partial charge on any atom is 0.332 e. The molecule has 2 amide bonds. The zero-order valence-corrected chi connectivity index (χ0v) is 10.8. The summed E-state index contributed by atoms with van der Waals surface area (Å²) in [5.41, 5.74) is 8.86. The van der Waals surface area contributed by atoms with E-state index in [4.69, 9.17) is 5.73 Å². The van der Waals surface area contributed by atoms with E-state index in [1.54, 1.807) is 0 Å². The van der Waals surface area contributed by atoms with E-state index in [0.717, 1.165) is 35.5 Å². The van der Waals surface area contributed by atoms with Gasteiger partial charge in [0.2, 0.25) is 0 Å². The highest BCUT2D eigenvalue weighted by Crippen LogP contribution is 2.82. The van der Waals surface area contributed by atoms with E-state index in [-0.39, 0.29) is 0 Å². The number of hydrazone groups is 1. The van der Waals surface area contributed by atoms with Crippen LogP contribution in [0.3, 0.4) is 0 Å². The maximum absolute atomic E-state index is 10.8. The SMILES string of the molecule is NC(=O)N/N=C1\[C@H]2[C@H]3[C@H](Br)[C@H]4[C@H]5C[C@@H]([C@H]1[C@H]53)[C@H]24. The van der Waals surface area contributed by atoms with Crippen molar-refractivity contribution in [1.82, 2.24) is 5.43 Å². The molecule has 0 spiro atoms. The summed E-state index contributed by atoms with van der Waals surface area (Å²) >= 11 is 3.93. The number of carbonyl (C=O) groups is 1. The summed E-state index contributed by atoms with van der Waals surface area (Å²) in [7, 11) is 0. The van der Waals surface area contributed by atoms with Gasteiger partial charge in [-0.3, -0.25) is 0 Å². The number of carbonyl (C=O) groups excluding carboxylic acids is 1. The molecule has 6 saturated carbocycles. The van der Waals surface area contributed by atoms with Gasteiger partial charge >= 0.3 is 6.03 Å². The van der Waals surface area contributed by atoms with Gasteiger partial charge in [0.15, 0.2) is 0 Å². The second kappa shape index (κ2) is 2.56. The monoisotopic (exact) mass is 295 g/mol. The maximum atomic E-state index is 10.8. The normalized spacial score (nSPS) is 65.7. The first-order valence-corrected chi connectivity index (χ1v) is 7.38. The first-order chi connectivity index (χ1) is 8.20. The second-order valence-electron chi connectivity index (χ2n) is 6.38. The topological polar surface area (TPSA) is 67.5 Å². The Kier molecular flexibility index (Phi) is 1.41. The zero-order chi connectivity index (χ0) is 11.5. The molecule has 3 N–H and O–H groups in total. The number of nitrogens with one attached hydrogen (secondary N) is 1. The van der Waals surface area contributed by atoms with E-state index in [1.807, 2.05) is 0 Å². The molecule has 6 fully saturated rings. The third-order valence-electron chi connectivity index (χ3n) is 6.34. The number of hydrogen-bond acceptors (Lipinski definition) is 2. The average molecular weight is 296 g/mol. The van der Waals surface area contributed by atoms with Crippen LogP contribution in [0.15, 0.2) is 5.10 Å². The number of urea groups is 1. The summed E-state index contributed by atoms with van der Waals surface area (Å²) in [5, 5.41) is 4.35. The highest BCUT2D eigenvalue weighted by atomic mass is 79.9. The lowest BCUT2D eigenvalue weighted by Gasteiger charge is -2.32. The first-order valence-electron chi connectivity index (χ1n) is 6.47. The lowest BCUT2D eigenvalue weighted by atomic mass is 9.71. The number of rotatable bonds is 1. The molecule has 17 heavy (non-hydrogen) atoms. The summed E-state index contributed by atoms with van der Waals surface area (Å²) < 4.78 is 0. The smallest absolute Gasteiger partial charge is 0.332 e. The predicted molar refractivity (Wildman–Crippen MR) is 65.4 cm³/mol. The summed E-state index contributed by atoms with van der Waals surface area (Å²) in [6.45, 7) is 0. The number of nitrogens with two attached hydrogens (primary N) is 1. The Bertz CT molecular complexity index is 476. The van der Waals surface area contributed by atoms with Crippen LogP contribution in [0.2, 0.25) is 0 Å². The Morgan fingerprint density at radius 1 is 1.24 bits per heavy atom. The summed E-state index contributed by atoms with van der Waals surface area (Å²) in [4.78, 5) is 11.5. The van der Waals surface area contributed by atoms with Crippen LogP contribution in [0.4, 0.5) is 4.79 Å². The fourth-order valence-electron chi connectivity index (χ4n) is 6.49. The zero-order valence-electron chi connectivity index (χ0n) is 9.21. The standard InChI is InChI=1S/C12H14BrN3O/c13-10-6-2-1-3-4(6)9-8(10)5(2)7(3)11(9)15-16-12(14)17/h2-10H,1H2,(H3,14,16,17)/b15-11-/t2-,3+,4-,5-,6-,7-,8-,9+,10+/m0/s1. The Morgan fingerprint density at radius 2 is 2.00 bits per heavy atom. The van der Waals surface area contributed by atoms with Crippen molar-refractivity contribution in [3.63, 3.8) is 0 Å². The molecule has 6 rings (SSSR count). The lowest BCUT2D eigenvalue weighted by Crippen LogP contribution is -2.30. The number of alkyl halides is 1. The molecule has 6 bridgehead atoms. The summed E-state index contributed by atoms with van der Waals surface area (Å²) in [6.07, 6.45) is 1.41. The minimum absolute atomic E-state index is 0.536. The van der Waals surface area contributed by atoms with Crippen molar-refractivity contribution in [2.45, 2.75) is 11.2 Å². The highest BCUT2D eigenvalue weighted by molar-refractivity contribution is 9.09. The van der Waals surface area contributed by atoms with Crippen molar-refractivity contribution < 1.29 is 4.79 Å². The van der Waals surface area contributed by atoms with Gasteiger partial charge in [-0.1, -0.05) is 15.9 Å². The van der Waals surface area contributed by atoms with E-state index in [9.17, 15) is 4.79 Å². The van der Waals surface area contributed by atoms with Crippen LogP contribution < -0.4 is 11.2 Å². The molecule has 0 aromatic rings. The van der Waals surface area contributed by atoms with E-state index in [1.165, 1.54) is 12.1 Å². The molecule has 0 saturated heterocycles. The first kappa shape index (κ1) is 9.36. The molecule has 0 aliphatic heterocycles. The summed E-state index contributed by atoms with van der Waals surface area (Å²) in [6, 6.07) is -0.536. The number of nitrogens with zero attached hydrogens (tertiary/aromatic N) is 1. The van der Waals surface area contributed by atoms with E-state index < -0.39 is 6.03 Å². The van der Waals surface area contributed by atoms with Crippen LogP contribution in [0.1, 0.15) is 6.42 Å². The van der Waals surface area contributed by atoms with Gasteiger partial charge in [0.05, 0.1) is 0 Å². The molecule has 0 aromatic heterocycles. The minimum atomic E-state index is -0.536. The number of amides is 2. The second-order valence-corrected chi connectivity index (χ2v) is 7.44. The van der Waals surface area contributed by atoms with E-state index in [2.05, 4.69) is 26.5 Å². The molecule has 0 radical (unpaired) electrons. The largest absolute Gasteiger partial charge is 0.350 e. The Balaban J connectivity index is 1.62. The van der Waals surface area contributed by atoms with Crippen molar-refractivity contribution in [1.29, 1.82) is 0 Å². The molecule has 6 aliphatic rings. The number of primary amides is 1. The molecule has 0 aromatic carbocycles. The fraction of sp³-hybridized carbons (Fsp3) is 0.833. The minimum Gasteiger partial charge on any atom is -0.350 e. The number of hydrogen-bond donors (Lipinski definition) is 2. The number of halogens is 1. The third kappa shape index (κ3) is 0.761. The van der Waals surface area contributed by atoms with Gasteiger partial charge in [0.25, 0.3) is 0 Å². The summed E-state index contributed by atoms with van der Waals surface area (Å²) in [5.74, 6) is 6.55. The predicted octanol–water partition coefficient (Wildman–Crippen LogP) is 1.16. The van der Waals surface area contributed by atoms with Gasteiger partial charge in [-0.05, 0) is 41.9 Å². The van der Waals surface area contributed by atoms with Crippen LogP contribution in [0, 0.1) is 47.3 Å². The van der Waals surface area contributed by atoms with Crippen molar-refractivity contribution in [2.24, 2.45) is 58.2 Å². The Labute approximate surface area is 108 Å². The van der Waals surface area contributed by atoms with Crippen molar-refractivity contribution >= 4 is 27.7 Å². The fourth-order valence-corrected chi connectivity index (χ4v) is 7.92. The Morgan fingerprint density at radius 3 is 2.71 bits per heavy atom. The van der Waals surface area contributed by atoms with Gasteiger partial charge in [-0.25, -0.2) is 10.2 Å². The van der Waals surface area contributed by atoms with Gasteiger partial charge in [-0.2, -0.15) is 5.10 Å². The van der Waals surface area contributed by atoms with Crippen molar-refractivity contribution in [3.8, 4) is 0 Å². The van der Waals surface area contributed by atoms with Gasteiger partial charge < -0.3 is 5.73 Å². The van der Waals surface area contributed by atoms with Gasteiger partial charge in [-0.15, -0.1) is 0 Å². The van der Waals surface area contributed by atoms with E-state index >= 15 is 0 Å². The molecule has 5 heteroatoms. The quantitative estimate of drug-likeness (QED) is 0.553. The van der Waals surface area contributed by atoms with Crippen molar-refractivity contribution in [2.75, 3.05) is 0 Å². The van der Waals surface area contributed by atoms with Crippen LogP contribution in [-0.4, -0.2) is 16.6 Å². The lowest BCUT2D eigenvalue weighted by molar-refractivity contribution is 0.132.